The number of carbonyl (C=O) groups is 2. The van der Waals surface area contributed by atoms with Crippen LogP contribution in [0.5, 0.6) is 17.2 Å². The highest BCUT2D eigenvalue weighted by Crippen LogP contribution is 2.30. The molecular weight excluding hydrogens is 386 g/mol. The lowest BCUT2D eigenvalue weighted by atomic mass is 10.1. The van der Waals surface area contributed by atoms with Crippen LogP contribution in [-0.4, -0.2) is 38.3 Å². The number of rotatable bonds is 10. The van der Waals surface area contributed by atoms with Gasteiger partial charge in [0.05, 0.1) is 13.2 Å². The maximum absolute atomic E-state index is 12.1. The van der Waals surface area contributed by atoms with E-state index in [1.165, 1.54) is 11.1 Å². The number of ether oxygens (including phenoxy) is 4. The SMILES string of the molecule is CCOc1ccc(NC(=O)COC(=O)COc2ccc3c(c2)CCC3)cc1OCC. The molecule has 0 bridgehead atoms. The van der Waals surface area contributed by atoms with Crippen LogP contribution in [0.4, 0.5) is 5.69 Å². The summed E-state index contributed by atoms with van der Waals surface area (Å²) in [7, 11) is 0. The maximum Gasteiger partial charge on any atom is 0.344 e. The Bertz CT molecular complexity index is 895. The van der Waals surface area contributed by atoms with Gasteiger partial charge in [0.2, 0.25) is 0 Å². The monoisotopic (exact) mass is 413 g/mol. The molecule has 0 saturated carbocycles. The van der Waals surface area contributed by atoms with Crippen molar-refractivity contribution in [3.63, 3.8) is 0 Å². The Morgan fingerprint density at radius 1 is 0.867 bits per heavy atom. The predicted octanol–water partition coefficient (Wildman–Crippen LogP) is 3.53. The molecule has 0 unspecified atom stereocenters. The second-order valence-electron chi connectivity index (χ2n) is 6.81. The van der Waals surface area contributed by atoms with Gasteiger partial charge >= 0.3 is 5.97 Å². The summed E-state index contributed by atoms with van der Waals surface area (Å²) in [4.78, 5) is 24.0. The first-order chi connectivity index (χ1) is 14.6. The Balaban J connectivity index is 1.44. The second kappa shape index (κ2) is 10.5. The van der Waals surface area contributed by atoms with Crippen LogP contribution in [0.1, 0.15) is 31.4 Å². The lowest BCUT2D eigenvalue weighted by Crippen LogP contribution is -2.23. The highest BCUT2D eigenvalue weighted by atomic mass is 16.6. The van der Waals surface area contributed by atoms with E-state index in [-0.39, 0.29) is 6.61 Å². The summed E-state index contributed by atoms with van der Waals surface area (Å²) in [5, 5.41) is 2.67. The number of amides is 1. The average molecular weight is 413 g/mol. The van der Waals surface area contributed by atoms with Crippen molar-refractivity contribution in [3.8, 4) is 17.2 Å². The summed E-state index contributed by atoms with van der Waals surface area (Å²) in [6.07, 6.45) is 3.28. The average Bonchev–Trinajstić information content (AvgIpc) is 3.21. The molecule has 2 aromatic rings. The first kappa shape index (κ1) is 21.5. The molecule has 160 valence electrons. The first-order valence-electron chi connectivity index (χ1n) is 10.2. The van der Waals surface area contributed by atoms with Crippen molar-refractivity contribution in [1.29, 1.82) is 0 Å². The van der Waals surface area contributed by atoms with Gasteiger partial charge in [-0.05, 0) is 68.5 Å². The largest absolute Gasteiger partial charge is 0.490 e. The van der Waals surface area contributed by atoms with Gasteiger partial charge in [0, 0.05) is 11.8 Å². The molecule has 7 heteroatoms. The number of aryl methyl sites for hydroxylation is 2. The van der Waals surface area contributed by atoms with Crippen LogP contribution in [-0.2, 0) is 27.2 Å². The Morgan fingerprint density at radius 2 is 1.63 bits per heavy atom. The van der Waals surface area contributed by atoms with Gasteiger partial charge < -0.3 is 24.3 Å². The topological polar surface area (TPSA) is 83.1 Å². The van der Waals surface area contributed by atoms with Crippen molar-refractivity contribution in [2.24, 2.45) is 0 Å². The van der Waals surface area contributed by atoms with Gasteiger partial charge in [-0.3, -0.25) is 4.79 Å². The number of esters is 1. The third-order valence-electron chi connectivity index (χ3n) is 4.62. The summed E-state index contributed by atoms with van der Waals surface area (Å²) in [6, 6.07) is 10.9. The third kappa shape index (κ3) is 5.89. The Morgan fingerprint density at radius 3 is 2.43 bits per heavy atom. The van der Waals surface area contributed by atoms with Gasteiger partial charge in [-0.1, -0.05) is 6.07 Å². The van der Waals surface area contributed by atoms with Crippen LogP contribution >= 0.6 is 0 Å². The molecule has 0 radical (unpaired) electrons. The number of carbonyl (C=O) groups excluding carboxylic acids is 2. The zero-order valence-electron chi connectivity index (χ0n) is 17.4. The van der Waals surface area contributed by atoms with Crippen molar-refractivity contribution in [2.45, 2.75) is 33.1 Å². The van der Waals surface area contributed by atoms with Crippen molar-refractivity contribution in [3.05, 3.63) is 47.5 Å². The predicted molar refractivity (Wildman–Crippen MR) is 112 cm³/mol. The summed E-state index contributed by atoms with van der Waals surface area (Å²) >= 11 is 0. The van der Waals surface area contributed by atoms with E-state index in [4.69, 9.17) is 18.9 Å². The minimum atomic E-state index is -0.604. The van der Waals surface area contributed by atoms with Gasteiger partial charge in [0.1, 0.15) is 5.75 Å². The van der Waals surface area contributed by atoms with E-state index in [0.29, 0.717) is 36.1 Å². The molecule has 0 atom stereocenters. The number of benzene rings is 2. The molecule has 0 aliphatic heterocycles. The number of fused-ring (bicyclic) bond motifs is 1. The summed E-state index contributed by atoms with van der Waals surface area (Å²) in [5.41, 5.74) is 3.13. The zero-order valence-corrected chi connectivity index (χ0v) is 17.4. The molecule has 1 N–H and O–H groups in total. The summed E-state index contributed by atoms with van der Waals surface area (Å²) < 4.78 is 21.5. The van der Waals surface area contributed by atoms with Crippen LogP contribution in [0.2, 0.25) is 0 Å². The fourth-order valence-electron chi connectivity index (χ4n) is 3.29. The van der Waals surface area contributed by atoms with E-state index in [1.807, 2.05) is 32.0 Å². The number of anilines is 1. The van der Waals surface area contributed by atoms with Gasteiger partial charge in [-0.25, -0.2) is 4.79 Å². The molecule has 0 spiro atoms. The smallest absolute Gasteiger partial charge is 0.344 e. The molecule has 0 heterocycles. The third-order valence-corrected chi connectivity index (χ3v) is 4.62. The zero-order chi connectivity index (χ0) is 21.3. The van der Waals surface area contributed by atoms with Crippen molar-refractivity contribution in [1.82, 2.24) is 0 Å². The van der Waals surface area contributed by atoms with Gasteiger partial charge in [0.25, 0.3) is 5.91 Å². The second-order valence-corrected chi connectivity index (χ2v) is 6.81. The van der Waals surface area contributed by atoms with Crippen molar-refractivity contribution in [2.75, 3.05) is 31.7 Å². The first-order valence-corrected chi connectivity index (χ1v) is 10.2. The molecule has 1 aliphatic rings. The van der Waals surface area contributed by atoms with Crippen LogP contribution in [0.25, 0.3) is 0 Å². The highest BCUT2D eigenvalue weighted by molar-refractivity contribution is 5.93. The van der Waals surface area contributed by atoms with E-state index in [2.05, 4.69) is 5.32 Å². The van der Waals surface area contributed by atoms with E-state index in [9.17, 15) is 9.59 Å². The Kier molecular flexibility index (Phi) is 7.54. The highest BCUT2D eigenvalue weighted by Gasteiger charge is 2.14. The minimum Gasteiger partial charge on any atom is -0.490 e. The Hall–Kier alpha value is -3.22. The van der Waals surface area contributed by atoms with Gasteiger partial charge in [-0.15, -0.1) is 0 Å². The molecular formula is C23H27NO6. The fraction of sp³-hybridized carbons (Fsp3) is 0.391. The molecule has 3 rings (SSSR count). The van der Waals surface area contributed by atoms with Crippen LogP contribution in [0.15, 0.2) is 36.4 Å². The number of hydrogen-bond donors (Lipinski definition) is 1. The molecule has 0 fully saturated rings. The van der Waals surface area contributed by atoms with Gasteiger partial charge in [-0.2, -0.15) is 0 Å². The summed E-state index contributed by atoms with van der Waals surface area (Å²) in [6.45, 7) is 4.08. The van der Waals surface area contributed by atoms with Crippen LogP contribution in [0.3, 0.4) is 0 Å². The van der Waals surface area contributed by atoms with Crippen molar-refractivity contribution < 1.29 is 28.5 Å². The standard InChI is InChI=1S/C23H27NO6/c1-3-27-20-11-9-18(13-21(20)28-4-2)24-22(25)14-30-23(26)15-29-19-10-8-16-6-5-7-17(16)12-19/h8-13H,3-7,14-15H2,1-2H3,(H,24,25). The van der Waals surface area contributed by atoms with E-state index in [1.54, 1.807) is 18.2 Å². The summed E-state index contributed by atoms with van der Waals surface area (Å²) in [5.74, 6) is 0.721. The van der Waals surface area contributed by atoms with E-state index >= 15 is 0 Å². The van der Waals surface area contributed by atoms with E-state index in [0.717, 1.165) is 19.3 Å². The molecule has 1 amide bonds. The minimum absolute atomic E-state index is 0.246. The molecule has 0 aromatic heterocycles. The molecule has 30 heavy (non-hydrogen) atoms. The van der Waals surface area contributed by atoms with Crippen LogP contribution in [0, 0.1) is 0 Å². The van der Waals surface area contributed by atoms with Gasteiger partial charge in [0.15, 0.2) is 24.7 Å². The molecule has 1 aliphatic carbocycles. The fourth-order valence-corrected chi connectivity index (χ4v) is 3.29. The van der Waals surface area contributed by atoms with Crippen molar-refractivity contribution >= 4 is 17.6 Å². The maximum atomic E-state index is 12.1. The number of nitrogens with one attached hydrogen (secondary N) is 1. The Labute approximate surface area is 176 Å². The molecule has 2 aromatic carbocycles. The molecule has 0 saturated heterocycles. The van der Waals surface area contributed by atoms with Crippen LogP contribution < -0.4 is 19.5 Å². The van der Waals surface area contributed by atoms with E-state index < -0.39 is 18.5 Å². The number of hydrogen-bond acceptors (Lipinski definition) is 6. The lowest BCUT2D eigenvalue weighted by Gasteiger charge is -2.13. The molecule has 7 nitrogen and oxygen atoms in total. The quantitative estimate of drug-likeness (QED) is 0.600. The normalized spacial score (nSPS) is 12.1. The lowest BCUT2D eigenvalue weighted by molar-refractivity contribution is -0.149.